The van der Waals surface area contributed by atoms with Crippen LogP contribution in [0.15, 0.2) is 48.5 Å². The van der Waals surface area contributed by atoms with Gasteiger partial charge in [-0.25, -0.2) is 4.68 Å². The van der Waals surface area contributed by atoms with Crippen molar-refractivity contribution in [3.05, 3.63) is 59.1 Å². The average Bonchev–Trinajstić information content (AvgIpc) is 3.05. The fourth-order valence-electron chi connectivity index (χ4n) is 3.34. The van der Waals surface area contributed by atoms with Crippen molar-refractivity contribution >= 4 is 34.9 Å². The Balaban J connectivity index is 1.70. The van der Waals surface area contributed by atoms with Crippen LogP contribution >= 0.6 is 11.6 Å². The van der Waals surface area contributed by atoms with Crippen molar-refractivity contribution < 1.29 is 14.3 Å². The van der Waals surface area contributed by atoms with Crippen molar-refractivity contribution in [3.63, 3.8) is 0 Å². The Labute approximate surface area is 172 Å². The monoisotopic (exact) mass is 410 g/mol. The molecule has 1 aliphatic rings. The average molecular weight is 411 g/mol. The van der Waals surface area contributed by atoms with Crippen LogP contribution in [0.2, 0.25) is 5.02 Å². The molecule has 0 bridgehead atoms. The molecule has 0 saturated heterocycles. The molecule has 2 aromatic carbocycles. The number of hydrogen-bond donors (Lipinski definition) is 2. The van der Waals surface area contributed by atoms with Crippen LogP contribution in [0.4, 0.5) is 11.5 Å². The maximum Gasteiger partial charge on any atom is 0.249 e. The lowest BCUT2D eigenvalue weighted by atomic mass is 10.1. The first-order valence-electron chi connectivity index (χ1n) is 9.06. The van der Waals surface area contributed by atoms with Gasteiger partial charge in [0.1, 0.15) is 17.6 Å². The fraction of sp³-hybridized carbons (Fsp3) is 0.190. The first-order chi connectivity index (χ1) is 14.0. The molecule has 0 unspecified atom stereocenters. The molecule has 0 radical (unpaired) electrons. The number of carbonyl (C=O) groups is 2. The van der Waals surface area contributed by atoms with E-state index < -0.39 is 6.04 Å². The minimum atomic E-state index is -0.777. The van der Waals surface area contributed by atoms with Crippen LogP contribution in [0.5, 0.6) is 5.75 Å². The Kier molecular flexibility index (Phi) is 4.98. The molecule has 148 valence electrons. The summed E-state index contributed by atoms with van der Waals surface area (Å²) in [5.74, 6) is 0.672. The predicted octanol–water partition coefficient (Wildman–Crippen LogP) is 4.04. The summed E-state index contributed by atoms with van der Waals surface area (Å²) in [6, 6.07) is 13.6. The second-order valence-electron chi connectivity index (χ2n) is 6.73. The third kappa shape index (κ3) is 3.56. The highest BCUT2D eigenvalue weighted by Gasteiger charge is 2.34. The van der Waals surface area contributed by atoms with Gasteiger partial charge in [0, 0.05) is 11.1 Å². The van der Waals surface area contributed by atoms with Gasteiger partial charge in [-0.3, -0.25) is 9.59 Å². The van der Waals surface area contributed by atoms with E-state index in [1.54, 1.807) is 36.1 Å². The first kappa shape index (κ1) is 19.0. The topological polar surface area (TPSA) is 85.2 Å². The number of ether oxygens (including phenoxy) is 1. The van der Waals surface area contributed by atoms with Crippen molar-refractivity contribution in [2.24, 2.45) is 0 Å². The van der Waals surface area contributed by atoms with Gasteiger partial charge in [-0.1, -0.05) is 23.7 Å². The molecule has 0 aliphatic carbocycles. The van der Waals surface area contributed by atoms with Gasteiger partial charge in [-0.2, -0.15) is 5.10 Å². The minimum absolute atomic E-state index is 0.00748. The van der Waals surface area contributed by atoms with Crippen molar-refractivity contribution in [1.29, 1.82) is 0 Å². The zero-order valence-corrected chi connectivity index (χ0v) is 16.7. The number of nitrogens with one attached hydrogen (secondary N) is 2. The van der Waals surface area contributed by atoms with Gasteiger partial charge < -0.3 is 15.4 Å². The van der Waals surface area contributed by atoms with Crippen molar-refractivity contribution in [2.45, 2.75) is 19.4 Å². The van der Waals surface area contributed by atoms with Gasteiger partial charge >= 0.3 is 0 Å². The SMILES string of the molecule is COc1ccc(-c2nn3c(c2C)NC(=O)C[C@H]3C(=O)Nc2ccccc2Cl)cc1. The number of anilines is 2. The number of methoxy groups -OCH3 is 1. The number of halogens is 1. The Hall–Kier alpha value is -3.32. The summed E-state index contributed by atoms with van der Waals surface area (Å²) in [6.45, 7) is 1.87. The van der Waals surface area contributed by atoms with E-state index in [2.05, 4.69) is 15.7 Å². The summed E-state index contributed by atoms with van der Waals surface area (Å²) in [5, 5.41) is 10.7. The van der Waals surface area contributed by atoms with E-state index in [1.165, 1.54) is 0 Å². The van der Waals surface area contributed by atoms with Gasteiger partial charge in [0.15, 0.2) is 0 Å². The van der Waals surface area contributed by atoms with E-state index in [0.29, 0.717) is 22.2 Å². The molecule has 2 amide bonds. The van der Waals surface area contributed by atoms with Crippen LogP contribution in [0, 0.1) is 6.92 Å². The highest BCUT2D eigenvalue weighted by atomic mass is 35.5. The van der Waals surface area contributed by atoms with E-state index in [9.17, 15) is 9.59 Å². The number of rotatable bonds is 4. The molecule has 1 aromatic heterocycles. The van der Waals surface area contributed by atoms with Crippen LogP contribution in [0.1, 0.15) is 18.0 Å². The third-order valence-corrected chi connectivity index (χ3v) is 5.21. The number of para-hydroxylation sites is 1. The Bertz CT molecular complexity index is 1090. The maximum atomic E-state index is 12.9. The summed E-state index contributed by atoms with van der Waals surface area (Å²) in [6.07, 6.45) is -0.00748. The number of nitrogens with zero attached hydrogens (tertiary/aromatic N) is 2. The quantitative estimate of drug-likeness (QED) is 0.679. The lowest BCUT2D eigenvalue weighted by Crippen LogP contribution is -2.36. The van der Waals surface area contributed by atoms with E-state index >= 15 is 0 Å². The number of fused-ring (bicyclic) bond motifs is 1. The first-order valence-corrected chi connectivity index (χ1v) is 9.44. The lowest BCUT2D eigenvalue weighted by molar-refractivity contribution is -0.125. The number of carbonyl (C=O) groups excluding carboxylic acids is 2. The highest BCUT2D eigenvalue weighted by molar-refractivity contribution is 6.33. The zero-order valence-electron chi connectivity index (χ0n) is 15.9. The standard InChI is InChI=1S/C21H19ClN4O3/c1-12-19(13-7-9-14(29-2)10-8-13)25-26-17(11-18(27)24-20(12)26)21(28)23-16-6-4-3-5-15(16)22/h3-10,17H,11H2,1-2H3,(H,23,28)(H,24,27)/t17-/m0/s1. The van der Waals surface area contributed by atoms with E-state index in [0.717, 1.165) is 16.9 Å². The molecule has 0 saturated carbocycles. The van der Waals surface area contributed by atoms with Gasteiger partial charge in [-0.05, 0) is 43.3 Å². The summed E-state index contributed by atoms with van der Waals surface area (Å²) in [5.41, 5.74) is 2.84. The number of benzene rings is 2. The molecule has 2 N–H and O–H groups in total. The minimum Gasteiger partial charge on any atom is -0.497 e. The molecular weight excluding hydrogens is 392 g/mol. The van der Waals surface area contributed by atoms with Crippen molar-refractivity contribution in [2.75, 3.05) is 17.7 Å². The molecule has 0 spiro atoms. The van der Waals surface area contributed by atoms with Crippen molar-refractivity contribution in [1.82, 2.24) is 9.78 Å². The largest absolute Gasteiger partial charge is 0.497 e. The fourth-order valence-corrected chi connectivity index (χ4v) is 3.53. The number of hydrogen-bond acceptors (Lipinski definition) is 4. The second kappa shape index (κ2) is 7.60. The predicted molar refractivity (Wildman–Crippen MR) is 111 cm³/mol. The molecule has 29 heavy (non-hydrogen) atoms. The number of aromatic nitrogens is 2. The van der Waals surface area contributed by atoms with Crippen LogP contribution in [-0.2, 0) is 9.59 Å². The Morgan fingerprint density at radius 1 is 1.24 bits per heavy atom. The summed E-state index contributed by atoms with van der Waals surface area (Å²) < 4.78 is 6.77. The normalized spacial score (nSPS) is 15.4. The van der Waals surface area contributed by atoms with E-state index in [4.69, 9.17) is 16.3 Å². The Morgan fingerprint density at radius 3 is 2.66 bits per heavy atom. The highest BCUT2D eigenvalue weighted by Crippen LogP contribution is 2.35. The van der Waals surface area contributed by atoms with E-state index in [1.807, 2.05) is 31.2 Å². The molecular formula is C21H19ClN4O3. The second-order valence-corrected chi connectivity index (χ2v) is 7.14. The molecule has 1 atom stereocenters. The molecule has 2 heterocycles. The maximum absolute atomic E-state index is 12.9. The molecule has 3 aromatic rings. The lowest BCUT2D eigenvalue weighted by Gasteiger charge is -2.24. The molecule has 8 heteroatoms. The third-order valence-electron chi connectivity index (χ3n) is 4.88. The molecule has 7 nitrogen and oxygen atoms in total. The van der Waals surface area contributed by atoms with Crippen LogP contribution < -0.4 is 15.4 Å². The zero-order chi connectivity index (χ0) is 20.5. The summed E-state index contributed by atoms with van der Waals surface area (Å²) >= 11 is 6.14. The molecule has 1 aliphatic heterocycles. The summed E-state index contributed by atoms with van der Waals surface area (Å²) in [4.78, 5) is 25.2. The Morgan fingerprint density at radius 2 is 1.97 bits per heavy atom. The molecule has 4 rings (SSSR count). The van der Waals surface area contributed by atoms with E-state index in [-0.39, 0.29) is 18.2 Å². The van der Waals surface area contributed by atoms with Gasteiger partial charge in [0.2, 0.25) is 11.8 Å². The van der Waals surface area contributed by atoms with Gasteiger partial charge in [0.05, 0.1) is 29.9 Å². The van der Waals surface area contributed by atoms with Crippen LogP contribution in [0.3, 0.4) is 0 Å². The van der Waals surface area contributed by atoms with Gasteiger partial charge in [0.25, 0.3) is 0 Å². The van der Waals surface area contributed by atoms with Crippen molar-refractivity contribution in [3.8, 4) is 17.0 Å². The van der Waals surface area contributed by atoms with Crippen LogP contribution in [-0.4, -0.2) is 28.7 Å². The van der Waals surface area contributed by atoms with Gasteiger partial charge in [-0.15, -0.1) is 0 Å². The number of amides is 2. The van der Waals surface area contributed by atoms with Crippen LogP contribution in [0.25, 0.3) is 11.3 Å². The smallest absolute Gasteiger partial charge is 0.249 e. The molecule has 0 fully saturated rings. The summed E-state index contributed by atoms with van der Waals surface area (Å²) in [7, 11) is 1.60.